The lowest BCUT2D eigenvalue weighted by Crippen LogP contribution is -2.60. The number of carbonyl (C=O) groups excluding carboxylic acids is 1. The average Bonchev–Trinajstić information content (AvgIpc) is 3.06. The quantitative estimate of drug-likeness (QED) is 0.905. The van der Waals surface area contributed by atoms with Gasteiger partial charge in [0.05, 0.1) is 11.5 Å². The van der Waals surface area contributed by atoms with Crippen LogP contribution in [0.25, 0.3) is 0 Å². The molecule has 2 fully saturated rings. The third-order valence-electron chi connectivity index (χ3n) is 6.57. The van der Waals surface area contributed by atoms with Crippen LogP contribution in [0.15, 0.2) is 58.2 Å². The van der Waals surface area contributed by atoms with Crippen LogP contribution in [0.3, 0.4) is 0 Å². The highest BCUT2D eigenvalue weighted by molar-refractivity contribution is 6.12. The first kappa shape index (κ1) is 14.2. The van der Waals surface area contributed by atoms with E-state index < -0.39 is 5.60 Å². The molecule has 0 bridgehead atoms. The van der Waals surface area contributed by atoms with E-state index in [1.165, 1.54) is 16.7 Å². The number of Topliss-reactive ketones (excluding diaryl/α,β-unsaturated/α-hetero) is 1. The highest BCUT2D eigenvalue weighted by atomic mass is 16.6. The predicted octanol–water partition coefficient (Wildman–Crippen LogP) is 3.64. The van der Waals surface area contributed by atoms with Gasteiger partial charge in [0, 0.05) is 5.57 Å². The number of rotatable bonds is 2. The molecule has 0 radical (unpaired) electrons. The Kier molecular flexibility index (Phi) is 2.43. The van der Waals surface area contributed by atoms with Gasteiger partial charge in [-0.25, -0.2) is 0 Å². The summed E-state index contributed by atoms with van der Waals surface area (Å²) >= 11 is 0. The molecule has 1 aromatic rings. The molecule has 1 spiro atoms. The number of ketones is 1. The van der Waals surface area contributed by atoms with Gasteiger partial charge in [0.1, 0.15) is 11.4 Å². The number of hydrogen-bond donors (Lipinski definition) is 1. The predicted molar refractivity (Wildman–Crippen MR) is 90.6 cm³/mol. The fraction of sp³-hybridized carbons (Fsp3) is 0.381. The maximum atomic E-state index is 13.1. The zero-order chi connectivity index (χ0) is 16.9. The molecule has 3 heteroatoms. The van der Waals surface area contributed by atoms with Crippen molar-refractivity contribution in [3.8, 4) is 5.75 Å². The lowest BCUT2D eigenvalue weighted by Gasteiger charge is -2.50. The number of hydrogen-bond acceptors (Lipinski definition) is 3. The summed E-state index contributed by atoms with van der Waals surface area (Å²) in [6, 6.07) is 7.33. The molecule has 1 aromatic carbocycles. The molecule has 0 amide bonds. The smallest absolute Gasteiger partial charge is 0.195 e. The first-order valence-corrected chi connectivity index (χ1v) is 8.52. The third-order valence-corrected chi connectivity index (χ3v) is 6.57. The Bertz CT molecular complexity index is 900. The molecule has 3 aliphatic carbocycles. The van der Waals surface area contributed by atoms with Gasteiger partial charge in [-0.1, -0.05) is 17.7 Å². The third kappa shape index (κ3) is 1.41. The Morgan fingerprint density at radius 3 is 2.58 bits per heavy atom. The Hall–Kier alpha value is -2.13. The Morgan fingerprint density at radius 2 is 1.96 bits per heavy atom. The molecule has 3 nitrogen and oxygen atoms in total. The fourth-order valence-electron chi connectivity index (χ4n) is 5.09. The van der Waals surface area contributed by atoms with Crippen molar-refractivity contribution in [2.75, 3.05) is 0 Å². The number of allylic oxidation sites excluding steroid dienone is 4. The summed E-state index contributed by atoms with van der Waals surface area (Å²) in [7, 11) is 0. The summed E-state index contributed by atoms with van der Waals surface area (Å²) in [6.07, 6.45) is 4.03. The van der Waals surface area contributed by atoms with Crippen molar-refractivity contribution in [3.05, 3.63) is 63.8 Å². The van der Waals surface area contributed by atoms with E-state index >= 15 is 0 Å². The minimum absolute atomic E-state index is 0.0540. The van der Waals surface area contributed by atoms with Gasteiger partial charge < -0.3 is 9.84 Å². The van der Waals surface area contributed by atoms with Crippen molar-refractivity contribution in [1.29, 1.82) is 0 Å². The molecule has 1 N–H and O–H groups in total. The number of fused-ring (bicyclic) bond motifs is 1. The zero-order valence-electron chi connectivity index (χ0n) is 14.1. The summed E-state index contributed by atoms with van der Waals surface area (Å²) in [5.41, 5.74) is 6.18. The standard InChI is InChI=1S/C21H20O3/c1-11-8-16-18(15(11)9-13-4-6-14(22)7-5-13)12(2)21-10-17(21)24-20(21,3)19(16)23/h4-8,17,22H,9-10H2,1-3H3/t17?,20-,21-/m0/s1. The van der Waals surface area contributed by atoms with E-state index in [0.29, 0.717) is 0 Å². The molecular formula is C21H20O3. The van der Waals surface area contributed by atoms with Crippen molar-refractivity contribution in [2.45, 2.75) is 45.3 Å². The maximum Gasteiger partial charge on any atom is 0.195 e. The minimum Gasteiger partial charge on any atom is -0.508 e. The Balaban J connectivity index is 1.61. The second-order valence-electron chi connectivity index (χ2n) is 7.71. The summed E-state index contributed by atoms with van der Waals surface area (Å²) in [6.45, 7) is 6.24. The van der Waals surface area contributed by atoms with Crippen molar-refractivity contribution in [2.24, 2.45) is 5.41 Å². The topological polar surface area (TPSA) is 46.5 Å². The van der Waals surface area contributed by atoms with Gasteiger partial charge in [-0.2, -0.15) is 0 Å². The van der Waals surface area contributed by atoms with Gasteiger partial charge in [0.15, 0.2) is 5.78 Å². The molecule has 5 rings (SSSR count). The fourth-order valence-corrected chi connectivity index (χ4v) is 5.09. The van der Waals surface area contributed by atoms with Crippen LogP contribution >= 0.6 is 0 Å². The molecule has 1 unspecified atom stereocenters. The molecule has 24 heavy (non-hydrogen) atoms. The molecular weight excluding hydrogens is 300 g/mol. The highest BCUT2D eigenvalue weighted by Gasteiger charge is 2.82. The molecule has 0 aromatic heterocycles. The van der Waals surface area contributed by atoms with E-state index in [-0.39, 0.29) is 23.1 Å². The first-order chi connectivity index (χ1) is 11.4. The van der Waals surface area contributed by atoms with E-state index in [1.807, 2.05) is 25.1 Å². The molecule has 1 aliphatic heterocycles. The molecule has 1 saturated carbocycles. The first-order valence-electron chi connectivity index (χ1n) is 8.52. The monoisotopic (exact) mass is 320 g/mol. The van der Waals surface area contributed by atoms with Gasteiger partial charge in [-0.15, -0.1) is 0 Å². The molecule has 1 saturated heterocycles. The average molecular weight is 320 g/mol. The van der Waals surface area contributed by atoms with Crippen molar-refractivity contribution in [1.82, 2.24) is 0 Å². The van der Waals surface area contributed by atoms with Crippen LogP contribution in [0.1, 0.15) is 32.8 Å². The van der Waals surface area contributed by atoms with Crippen molar-refractivity contribution < 1.29 is 14.6 Å². The van der Waals surface area contributed by atoms with Crippen LogP contribution < -0.4 is 0 Å². The summed E-state index contributed by atoms with van der Waals surface area (Å²) in [4.78, 5) is 13.1. The largest absolute Gasteiger partial charge is 0.508 e. The number of benzene rings is 1. The zero-order valence-corrected chi connectivity index (χ0v) is 14.1. The summed E-state index contributed by atoms with van der Waals surface area (Å²) in [5.74, 6) is 0.428. The van der Waals surface area contributed by atoms with E-state index in [2.05, 4.69) is 13.8 Å². The maximum absolute atomic E-state index is 13.1. The number of aromatic hydroxyl groups is 1. The van der Waals surface area contributed by atoms with Gasteiger partial charge in [0.25, 0.3) is 0 Å². The van der Waals surface area contributed by atoms with Crippen LogP contribution in [0, 0.1) is 5.41 Å². The Morgan fingerprint density at radius 1 is 1.25 bits per heavy atom. The van der Waals surface area contributed by atoms with Gasteiger partial charge in [-0.05, 0) is 74.1 Å². The second kappa shape index (κ2) is 4.09. The van der Waals surface area contributed by atoms with Crippen LogP contribution in [0.5, 0.6) is 5.75 Å². The molecule has 122 valence electrons. The van der Waals surface area contributed by atoms with Crippen molar-refractivity contribution in [3.63, 3.8) is 0 Å². The lowest BCUT2D eigenvalue weighted by molar-refractivity contribution is -0.189. The number of ether oxygens (including phenoxy) is 1. The number of phenolic OH excluding ortho intramolecular Hbond substituents is 1. The summed E-state index contributed by atoms with van der Waals surface area (Å²) in [5, 5.41) is 9.48. The lowest BCUT2D eigenvalue weighted by atomic mass is 9.64. The normalized spacial score (nSPS) is 36.0. The Labute approximate surface area is 141 Å². The molecule has 4 aliphatic rings. The number of phenols is 1. The number of carbonyl (C=O) groups is 1. The minimum atomic E-state index is -0.647. The van der Waals surface area contributed by atoms with Gasteiger partial charge in [0.2, 0.25) is 0 Å². The SMILES string of the molecule is CC1=C(Cc2ccc(O)cc2)C2=C(C)[C@@]34CC3O[C@@]4(C)C(=O)C2=C1. The molecule has 3 atom stereocenters. The second-order valence-corrected chi connectivity index (χ2v) is 7.71. The van der Waals surface area contributed by atoms with Gasteiger partial charge in [-0.3, -0.25) is 4.79 Å². The van der Waals surface area contributed by atoms with Crippen LogP contribution in [-0.4, -0.2) is 22.6 Å². The van der Waals surface area contributed by atoms with Gasteiger partial charge >= 0.3 is 0 Å². The van der Waals surface area contributed by atoms with Crippen LogP contribution in [0.4, 0.5) is 0 Å². The highest BCUT2D eigenvalue weighted by Crippen LogP contribution is 2.75. The van der Waals surface area contributed by atoms with E-state index in [0.717, 1.165) is 29.6 Å². The molecule has 1 heterocycles. The summed E-state index contributed by atoms with van der Waals surface area (Å²) < 4.78 is 5.92. The van der Waals surface area contributed by atoms with Crippen molar-refractivity contribution >= 4 is 5.78 Å². The van der Waals surface area contributed by atoms with E-state index in [9.17, 15) is 9.90 Å². The van der Waals surface area contributed by atoms with Crippen LogP contribution in [-0.2, 0) is 16.0 Å². The van der Waals surface area contributed by atoms with E-state index in [1.54, 1.807) is 12.1 Å². The van der Waals surface area contributed by atoms with E-state index in [4.69, 9.17) is 4.74 Å². The van der Waals surface area contributed by atoms with Crippen LogP contribution in [0.2, 0.25) is 0 Å².